The van der Waals surface area contributed by atoms with Crippen LogP contribution in [0.1, 0.15) is 61.8 Å². The summed E-state index contributed by atoms with van der Waals surface area (Å²) >= 11 is 0. The minimum atomic E-state index is 0.113. The molecular weight excluding hydrogens is 438 g/mol. The van der Waals surface area contributed by atoms with Crippen LogP contribution in [0.5, 0.6) is 0 Å². The molecule has 8 heteroatoms. The summed E-state index contributed by atoms with van der Waals surface area (Å²) < 4.78 is 2.17. The van der Waals surface area contributed by atoms with Crippen molar-refractivity contribution in [2.24, 2.45) is 0 Å². The zero-order chi connectivity index (χ0) is 24.4. The highest BCUT2D eigenvalue weighted by Gasteiger charge is 2.28. The van der Waals surface area contributed by atoms with Crippen molar-refractivity contribution in [1.82, 2.24) is 29.3 Å². The van der Waals surface area contributed by atoms with Gasteiger partial charge in [-0.1, -0.05) is 6.42 Å². The Morgan fingerprint density at radius 3 is 2.51 bits per heavy atom. The van der Waals surface area contributed by atoms with Gasteiger partial charge in [0.15, 0.2) is 0 Å². The first kappa shape index (κ1) is 23.5. The van der Waals surface area contributed by atoms with E-state index in [4.69, 9.17) is 4.98 Å². The molecule has 1 saturated heterocycles. The number of nitrogens with zero attached hydrogens (tertiary/aromatic N) is 6. The molecule has 2 fully saturated rings. The van der Waals surface area contributed by atoms with E-state index in [-0.39, 0.29) is 11.9 Å². The van der Waals surface area contributed by atoms with Crippen LogP contribution in [0, 0.1) is 6.92 Å². The molecule has 2 aliphatic rings. The van der Waals surface area contributed by atoms with E-state index in [1.165, 1.54) is 19.3 Å². The molecule has 1 aliphatic heterocycles. The Kier molecular flexibility index (Phi) is 6.81. The molecule has 8 nitrogen and oxygen atoms in total. The first-order chi connectivity index (χ1) is 17.0. The van der Waals surface area contributed by atoms with E-state index in [9.17, 15) is 4.79 Å². The molecule has 5 rings (SSSR count). The van der Waals surface area contributed by atoms with E-state index < -0.39 is 0 Å². The molecule has 0 radical (unpaired) electrons. The lowest BCUT2D eigenvalue weighted by molar-refractivity contribution is 0.0749. The monoisotopic (exact) mass is 473 g/mol. The second kappa shape index (κ2) is 10.2. The van der Waals surface area contributed by atoms with Crippen LogP contribution in [0.2, 0.25) is 0 Å². The number of carbonyl (C=O) groups excluding carboxylic acids is 1. The third-order valence-corrected chi connectivity index (χ3v) is 7.21. The van der Waals surface area contributed by atoms with Crippen molar-refractivity contribution in [2.45, 2.75) is 58.5 Å². The topological polar surface area (TPSA) is 79.2 Å². The summed E-state index contributed by atoms with van der Waals surface area (Å²) in [6.45, 7) is 10.0. The summed E-state index contributed by atoms with van der Waals surface area (Å²) in [6, 6.07) is 10.5. The number of aromatic nitrogens is 4. The Morgan fingerprint density at radius 1 is 1.00 bits per heavy atom. The molecule has 184 valence electrons. The first-order valence-electron chi connectivity index (χ1n) is 12.8. The summed E-state index contributed by atoms with van der Waals surface area (Å²) in [5.74, 6) is 1.59. The standard InChI is InChI=1S/C27H35N7O/c1-19(2)34-20(3)29-18-25(34)24-12-13-28-27(31-24)30-22-10-8-21(9-11-22)26(35)33-15-5-14-32(16-17-33)23-6-4-7-23/h8-13,18-19,23H,4-7,14-17H2,1-3H3,(H,28,30,31). The number of imidazole rings is 1. The lowest BCUT2D eigenvalue weighted by Crippen LogP contribution is -2.42. The van der Waals surface area contributed by atoms with Gasteiger partial charge >= 0.3 is 0 Å². The van der Waals surface area contributed by atoms with E-state index in [0.717, 1.165) is 67.1 Å². The fourth-order valence-corrected chi connectivity index (χ4v) is 5.12. The van der Waals surface area contributed by atoms with Crippen LogP contribution >= 0.6 is 0 Å². The zero-order valence-corrected chi connectivity index (χ0v) is 20.9. The third kappa shape index (κ3) is 5.07. The fraction of sp³-hybridized carbons (Fsp3) is 0.481. The van der Waals surface area contributed by atoms with Crippen molar-refractivity contribution in [3.63, 3.8) is 0 Å². The van der Waals surface area contributed by atoms with Crippen LogP contribution in [-0.4, -0.2) is 67.4 Å². The van der Waals surface area contributed by atoms with Crippen LogP contribution in [-0.2, 0) is 0 Å². The first-order valence-corrected chi connectivity index (χ1v) is 12.8. The third-order valence-electron chi connectivity index (χ3n) is 7.21. The van der Waals surface area contributed by atoms with Gasteiger partial charge in [0.2, 0.25) is 5.95 Å². The number of aryl methyl sites for hydroxylation is 1. The highest BCUT2D eigenvalue weighted by molar-refractivity contribution is 5.94. The molecule has 3 aromatic rings. The predicted octanol–water partition coefficient (Wildman–Crippen LogP) is 4.67. The average molecular weight is 474 g/mol. The number of amides is 1. The molecule has 1 amide bonds. The van der Waals surface area contributed by atoms with Gasteiger partial charge in [-0.15, -0.1) is 0 Å². The predicted molar refractivity (Wildman–Crippen MR) is 138 cm³/mol. The number of nitrogens with one attached hydrogen (secondary N) is 1. The molecule has 1 N–H and O–H groups in total. The SMILES string of the molecule is Cc1ncc(-c2ccnc(Nc3ccc(C(=O)N4CCCN(C5CCC5)CC4)cc3)n2)n1C(C)C. The lowest BCUT2D eigenvalue weighted by atomic mass is 9.91. The van der Waals surface area contributed by atoms with Gasteiger partial charge < -0.3 is 14.8 Å². The van der Waals surface area contributed by atoms with Crippen LogP contribution in [0.4, 0.5) is 11.6 Å². The van der Waals surface area contributed by atoms with Gasteiger partial charge in [0, 0.05) is 55.7 Å². The molecule has 1 saturated carbocycles. The number of carbonyl (C=O) groups is 1. The van der Waals surface area contributed by atoms with Gasteiger partial charge in [-0.2, -0.15) is 0 Å². The molecule has 0 unspecified atom stereocenters. The van der Waals surface area contributed by atoms with E-state index in [1.807, 2.05) is 48.4 Å². The van der Waals surface area contributed by atoms with Crippen molar-refractivity contribution in [2.75, 3.05) is 31.5 Å². The van der Waals surface area contributed by atoms with Crippen molar-refractivity contribution in [1.29, 1.82) is 0 Å². The maximum atomic E-state index is 13.1. The maximum absolute atomic E-state index is 13.1. The Hall–Kier alpha value is -3.26. The second-order valence-electron chi connectivity index (χ2n) is 9.89. The quantitative estimate of drug-likeness (QED) is 0.560. The molecule has 0 bridgehead atoms. The van der Waals surface area contributed by atoms with Crippen molar-refractivity contribution >= 4 is 17.5 Å². The Labute approximate surface area is 207 Å². The van der Waals surface area contributed by atoms with E-state index in [0.29, 0.717) is 5.95 Å². The normalized spacial score (nSPS) is 17.3. The van der Waals surface area contributed by atoms with E-state index in [2.05, 4.69) is 38.6 Å². The number of hydrogen-bond acceptors (Lipinski definition) is 6. The highest BCUT2D eigenvalue weighted by atomic mass is 16.2. The molecule has 2 aromatic heterocycles. The van der Waals surface area contributed by atoms with Crippen molar-refractivity contribution in [3.8, 4) is 11.4 Å². The van der Waals surface area contributed by atoms with Gasteiger partial charge in [0.1, 0.15) is 5.82 Å². The van der Waals surface area contributed by atoms with Gasteiger partial charge in [-0.25, -0.2) is 15.0 Å². The van der Waals surface area contributed by atoms with E-state index >= 15 is 0 Å². The minimum Gasteiger partial charge on any atom is -0.337 e. The fourth-order valence-electron chi connectivity index (χ4n) is 5.12. The Balaban J connectivity index is 1.24. The number of anilines is 2. The summed E-state index contributed by atoms with van der Waals surface area (Å²) in [5.41, 5.74) is 3.36. The molecule has 1 aliphatic carbocycles. The molecule has 3 heterocycles. The van der Waals surface area contributed by atoms with Crippen LogP contribution in [0.3, 0.4) is 0 Å². The van der Waals surface area contributed by atoms with Gasteiger partial charge in [0.05, 0.1) is 17.6 Å². The van der Waals surface area contributed by atoms with Crippen molar-refractivity contribution in [3.05, 3.63) is 54.1 Å². The molecule has 0 atom stereocenters. The second-order valence-corrected chi connectivity index (χ2v) is 9.89. The summed E-state index contributed by atoms with van der Waals surface area (Å²) in [4.78, 5) is 31.3. The van der Waals surface area contributed by atoms with E-state index in [1.54, 1.807) is 6.20 Å². The Bertz CT molecular complexity index is 1170. The van der Waals surface area contributed by atoms with Gasteiger partial charge in [-0.3, -0.25) is 9.69 Å². The summed E-state index contributed by atoms with van der Waals surface area (Å²) in [7, 11) is 0. The lowest BCUT2D eigenvalue weighted by Gasteiger charge is -2.36. The van der Waals surface area contributed by atoms with Crippen LogP contribution in [0.15, 0.2) is 42.7 Å². The Morgan fingerprint density at radius 2 is 1.80 bits per heavy atom. The molecule has 0 spiro atoms. The van der Waals surface area contributed by atoms with Gasteiger partial charge in [-0.05, 0) is 70.4 Å². The minimum absolute atomic E-state index is 0.113. The van der Waals surface area contributed by atoms with Crippen LogP contribution < -0.4 is 5.32 Å². The zero-order valence-electron chi connectivity index (χ0n) is 20.9. The molecular formula is C27H35N7O. The summed E-state index contributed by atoms with van der Waals surface area (Å²) in [6.07, 6.45) is 8.64. The summed E-state index contributed by atoms with van der Waals surface area (Å²) in [5, 5.41) is 3.27. The maximum Gasteiger partial charge on any atom is 0.253 e. The van der Waals surface area contributed by atoms with Gasteiger partial charge in [0.25, 0.3) is 5.91 Å². The van der Waals surface area contributed by atoms with Crippen molar-refractivity contribution < 1.29 is 4.79 Å². The molecule has 1 aromatic carbocycles. The smallest absolute Gasteiger partial charge is 0.253 e. The number of hydrogen-bond donors (Lipinski definition) is 1. The largest absolute Gasteiger partial charge is 0.337 e. The highest BCUT2D eigenvalue weighted by Crippen LogP contribution is 2.26. The average Bonchev–Trinajstić information content (AvgIpc) is 3.06. The number of benzene rings is 1. The number of rotatable bonds is 6. The molecule has 35 heavy (non-hydrogen) atoms. The van der Waals surface area contributed by atoms with Crippen LogP contribution in [0.25, 0.3) is 11.4 Å².